The van der Waals surface area contributed by atoms with Gasteiger partial charge in [-0.1, -0.05) is 0 Å². The molecule has 2 aliphatic carbocycles. The SMILES string of the molecule is C[CH2][Zr](=[SiH2])([CH2]C)([C]1=CC(C)=C(C)C1)[C]1=CC(C)=C(C)C1.Cl.Cl. The number of halogens is 2. The smallest absolute Gasteiger partial charge is 0.147 e. The van der Waals surface area contributed by atoms with E-state index in [-0.39, 0.29) is 24.8 Å². The van der Waals surface area contributed by atoms with E-state index < -0.39 is 17.4 Å². The number of hydrogen-bond acceptors (Lipinski definition) is 0. The fourth-order valence-corrected chi connectivity index (χ4v) is 19.8. The molecule has 22 heavy (non-hydrogen) atoms. The van der Waals surface area contributed by atoms with Crippen molar-refractivity contribution in [1.29, 1.82) is 0 Å². The summed E-state index contributed by atoms with van der Waals surface area (Å²) >= 11 is -2.92. The van der Waals surface area contributed by atoms with E-state index in [9.17, 15) is 0 Å². The van der Waals surface area contributed by atoms with Crippen LogP contribution in [0.1, 0.15) is 54.4 Å². The van der Waals surface area contributed by atoms with E-state index >= 15 is 0 Å². The maximum atomic E-state index is 2.57. The molecule has 0 aromatic rings. The van der Waals surface area contributed by atoms with Crippen LogP contribution in [0.2, 0.25) is 8.26 Å². The van der Waals surface area contributed by atoms with Crippen molar-refractivity contribution in [2.75, 3.05) is 0 Å². The zero-order chi connectivity index (χ0) is 15.2. The second-order valence-electron chi connectivity index (χ2n) is 7.26. The van der Waals surface area contributed by atoms with Gasteiger partial charge in [0.1, 0.15) is 0 Å². The van der Waals surface area contributed by atoms with Gasteiger partial charge >= 0.3 is 128 Å². The molecule has 0 N–H and O–H groups in total. The van der Waals surface area contributed by atoms with Crippen molar-refractivity contribution in [3.05, 3.63) is 41.0 Å². The Morgan fingerprint density at radius 3 is 1.32 bits per heavy atom. The molecule has 0 radical (unpaired) electrons. The maximum Gasteiger partial charge on any atom is -0.147 e. The molecule has 0 heterocycles. The predicted molar refractivity (Wildman–Crippen MR) is 106 cm³/mol. The van der Waals surface area contributed by atoms with Crippen LogP contribution >= 0.6 is 24.8 Å². The minimum absolute atomic E-state index is 0. The van der Waals surface area contributed by atoms with Crippen molar-refractivity contribution in [2.45, 2.75) is 62.6 Å². The Morgan fingerprint density at radius 1 is 0.818 bits per heavy atom. The molecule has 0 atom stereocenters. The van der Waals surface area contributed by atoms with Gasteiger partial charge in [-0.3, -0.25) is 0 Å². The second-order valence-corrected chi connectivity index (χ2v) is 33.5. The largest absolute Gasteiger partial charge is 0.147 e. The van der Waals surface area contributed by atoms with Crippen LogP contribution in [-0.4, -0.2) is 6.88 Å². The minimum atomic E-state index is -2.92. The van der Waals surface area contributed by atoms with Crippen LogP contribution in [0.5, 0.6) is 0 Å². The molecule has 126 valence electrons. The van der Waals surface area contributed by atoms with Crippen LogP contribution in [0.3, 0.4) is 0 Å². The fraction of sp³-hybridized carbons (Fsp3) is 0.556. The third-order valence-corrected chi connectivity index (χ3v) is 36.0. The molecule has 4 heteroatoms. The summed E-state index contributed by atoms with van der Waals surface area (Å²) in [6, 6.07) is 0. The fourth-order valence-electron chi connectivity index (χ4n) is 3.93. The molecular formula is C18H32Cl2SiZr. The first kappa shape index (κ1) is 22.6. The molecule has 0 bridgehead atoms. The van der Waals surface area contributed by atoms with Crippen LogP contribution in [0.4, 0.5) is 0 Å². The Morgan fingerprint density at radius 2 is 1.14 bits per heavy atom. The van der Waals surface area contributed by atoms with Gasteiger partial charge < -0.3 is 0 Å². The Hall–Kier alpha value is 0.640. The minimum Gasteiger partial charge on any atom is -0.147 e. The summed E-state index contributed by atoms with van der Waals surface area (Å²) < 4.78 is 6.54. The normalized spacial score (nSPS) is 18.9. The molecule has 0 aromatic heterocycles. The summed E-state index contributed by atoms with van der Waals surface area (Å²) in [5, 5.41) is 0. The standard InChI is InChI=1S/2C7H9.2C2H5.2ClH.H2Si.Zr/c2*1-6-4-3-5-7(6)2;2*1-2;;;;/h2*4H,5H2,1-2H3;2*1H2,2H3;2*1H;1H2;. The van der Waals surface area contributed by atoms with Gasteiger partial charge in [-0.15, -0.1) is 24.8 Å². The molecule has 0 saturated heterocycles. The summed E-state index contributed by atoms with van der Waals surface area (Å²) in [6.07, 6.45) is 7.67. The molecule has 0 aliphatic heterocycles. The molecule has 0 fully saturated rings. The topological polar surface area (TPSA) is 0 Å². The maximum absolute atomic E-state index is 2.92. The Bertz CT molecular complexity index is 592. The van der Waals surface area contributed by atoms with Crippen molar-refractivity contribution in [1.82, 2.24) is 0 Å². The van der Waals surface area contributed by atoms with Gasteiger partial charge in [-0.05, 0) is 0 Å². The first-order chi connectivity index (χ1) is 9.25. The van der Waals surface area contributed by atoms with E-state index in [1.54, 1.807) is 11.1 Å². The first-order valence-electron chi connectivity index (χ1n) is 8.04. The van der Waals surface area contributed by atoms with Crippen molar-refractivity contribution in [2.24, 2.45) is 0 Å². The van der Waals surface area contributed by atoms with E-state index in [2.05, 4.69) is 60.6 Å². The second kappa shape index (κ2) is 7.68. The Labute approximate surface area is 151 Å². The summed E-state index contributed by atoms with van der Waals surface area (Å²) in [7, 11) is 0. The number of hydrogen-bond donors (Lipinski definition) is 0. The van der Waals surface area contributed by atoms with Gasteiger partial charge in [-0.2, -0.15) is 0 Å². The van der Waals surface area contributed by atoms with Gasteiger partial charge in [0, 0.05) is 0 Å². The monoisotopic (exact) mass is 436 g/mol. The average Bonchev–Trinajstić information content (AvgIpc) is 2.94. The van der Waals surface area contributed by atoms with Crippen molar-refractivity contribution >= 4 is 31.7 Å². The van der Waals surface area contributed by atoms with Crippen LogP contribution in [-0.2, 0) is 17.4 Å². The summed E-state index contributed by atoms with van der Waals surface area (Å²) in [6.45, 7) is 16.6. The zero-order valence-corrected chi connectivity index (χ0v) is 20.5. The molecule has 0 aromatic carbocycles. The predicted octanol–water partition coefficient (Wildman–Crippen LogP) is 6.19. The van der Waals surface area contributed by atoms with Gasteiger partial charge in [0.2, 0.25) is 0 Å². The average molecular weight is 439 g/mol. The van der Waals surface area contributed by atoms with E-state index in [1.165, 1.54) is 32.2 Å². The van der Waals surface area contributed by atoms with Gasteiger partial charge in [-0.25, -0.2) is 0 Å². The number of rotatable bonds is 4. The molecule has 0 amide bonds. The van der Waals surface area contributed by atoms with E-state index in [0.29, 0.717) is 0 Å². The third-order valence-electron chi connectivity index (χ3n) is 6.43. The molecule has 0 nitrogen and oxygen atoms in total. The molecule has 0 unspecified atom stereocenters. The molecule has 0 spiro atoms. The van der Waals surface area contributed by atoms with Gasteiger partial charge in [0.25, 0.3) is 0 Å². The third kappa shape index (κ3) is 3.37. The molecular weight excluding hydrogens is 406 g/mol. The quantitative estimate of drug-likeness (QED) is 0.459. The summed E-state index contributed by atoms with van der Waals surface area (Å²) in [5.74, 6) is 0. The van der Waals surface area contributed by atoms with Crippen LogP contribution < -0.4 is 0 Å². The zero-order valence-electron chi connectivity index (χ0n) is 15.0. The van der Waals surface area contributed by atoms with Gasteiger partial charge in [0.05, 0.1) is 0 Å². The van der Waals surface area contributed by atoms with E-state index in [0.717, 1.165) is 0 Å². The van der Waals surface area contributed by atoms with Crippen molar-refractivity contribution < 1.29 is 17.4 Å². The Kier molecular flexibility index (Phi) is 7.91. The Balaban J connectivity index is 0.00000220. The molecule has 2 rings (SSSR count). The van der Waals surface area contributed by atoms with Gasteiger partial charge in [0.15, 0.2) is 0 Å². The van der Waals surface area contributed by atoms with Crippen molar-refractivity contribution in [3.8, 4) is 0 Å². The van der Waals surface area contributed by atoms with Crippen LogP contribution in [0.15, 0.2) is 41.0 Å². The summed E-state index contributed by atoms with van der Waals surface area (Å²) in [4.78, 5) is 0. The number of allylic oxidation sites excluding steroid dienone is 8. The first-order valence-corrected chi connectivity index (χ1v) is 19.9. The van der Waals surface area contributed by atoms with Crippen LogP contribution in [0, 0.1) is 0 Å². The molecule has 2 aliphatic rings. The molecule has 0 saturated carbocycles. The van der Waals surface area contributed by atoms with Crippen LogP contribution in [0.25, 0.3) is 0 Å². The van der Waals surface area contributed by atoms with E-state index in [4.69, 9.17) is 0 Å². The summed E-state index contributed by atoms with van der Waals surface area (Å²) in [5.41, 5.74) is 6.28. The van der Waals surface area contributed by atoms with E-state index in [1.807, 2.05) is 6.56 Å². The van der Waals surface area contributed by atoms with Crippen molar-refractivity contribution in [3.63, 3.8) is 0 Å².